The van der Waals surface area contributed by atoms with Gasteiger partial charge in [-0.25, -0.2) is 0 Å². The molecule has 4 nitrogen and oxygen atoms in total. The van der Waals surface area contributed by atoms with E-state index in [9.17, 15) is 9.90 Å². The molecule has 2 saturated carbocycles. The molecule has 3 N–H and O–H groups in total. The molecule has 2 aliphatic carbocycles. The molecular formula is C14H25NO3. The molecule has 0 aromatic rings. The molecule has 0 aliphatic heterocycles. The van der Waals surface area contributed by atoms with E-state index in [1.165, 1.54) is 19.3 Å². The molecule has 2 aliphatic rings. The normalized spacial score (nSPS) is 34.9. The minimum Gasteiger partial charge on any atom is -0.481 e. The zero-order valence-electron chi connectivity index (χ0n) is 11.2. The fourth-order valence-corrected chi connectivity index (χ4v) is 3.04. The third-order valence-corrected chi connectivity index (χ3v) is 4.88. The molecule has 0 spiro atoms. The summed E-state index contributed by atoms with van der Waals surface area (Å²) in [5.74, 6) is -0.203. The Morgan fingerprint density at radius 1 is 1.33 bits per heavy atom. The van der Waals surface area contributed by atoms with Crippen molar-refractivity contribution >= 4 is 5.97 Å². The van der Waals surface area contributed by atoms with E-state index in [2.05, 4.69) is 12.2 Å². The van der Waals surface area contributed by atoms with Gasteiger partial charge in [0, 0.05) is 12.6 Å². The highest BCUT2D eigenvalue weighted by atomic mass is 16.4. The second kappa shape index (κ2) is 5.57. The second-order valence-corrected chi connectivity index (χ2v) is 6.20. The van der Waals surface area contributed by atoms with Gasteiger partial charge in [0.1, 0.15) is 0 Å². The lowest BCUT2D eigenvalue weighted by atomic mass is 9.77. The first-order valence-corrected chi connectivity index (χ1v) is 7.19. The van der Waals surface area contributed by atoms with Crippen molar-refractivity contribution in [2.45, 2.75) is 63.5 Å². The molecule has 0 amide bonds. The quantitative estimate of drug-likeness (QED) is 0.700. The van der Waals surface area contributed by atoms with Crippen molar-refractivity contribution < 1.29 is 15.0 Å². The maximum atomic E-state index is 10.9. The van der Waals surface area contributed by atoms with Gasteiger partial charge in [0.15, 0.2) is 0 Å². The second-order valence-electron chi connectivity index (χ2n) is 6.20. The Balaban J connectivity index is 1.73. The van der Waals surface area contributed by atoms with Crippen molar-refractivity contribution in [1.29, 1.82) is 0 Å². The summed E-state index contributed by atoms with van der Waals surface area (Å²) < 4.78 is 0. The standard InChI is InChI=1S/C14H25NO3/c1-10(11-3-2-4-11)15-9-14(18)7-5-12(6-8-14)13(16)17/h10-12,15,18H,2-9H2,1H3,(H,16,17). The number of aliphatic carboxylic acids is 1. The minimum atomic E-state index is -0.715. The highest BCUT2D eigenvalue weighted by molar-refractivity contribution is 5.70. The van der Waals surface area contributed by atoms with Crippen LogP contribution in [0.25, 0.3) is 0 Å². The van der Waals surface area contributed by atoms with Crippen molar-refractivity contribution in [1.82, 2.24) is 5.32 Å². The van der Waals surface area contributed by atoms with E-state index < -0.39 is 11.6 Å². The number of carboxylic acids is 1. The Labute approximate surface area is 109 Å². The van der Waals surface area contributed by atoms with Crippen LogP contribution in [0.15, 0.2) is 0 Å². The molecule has 0 radical (unpaired) electrons. The van der Waals surface area contributed by atoms with Crippen LogP contribution in [0.3, 0.4) is 0 Å². The Hall–Kier alpha value is -0.610. The number of carbonyl (C=O) groups is 1. The Kier molecular flexibility index (Phi) is 4.28. The zero-order valence-corrected chi connectivity index (χ0v) is 11.2. The minimum absolute atomic E-state index is 0.255. The monoisotopic (exact) mass is 255 g/mol. The first-order chi connectivity index (χ1) is 8.50. The molecule has 1 unspecified atom stereocenters. The smallest absolute Gasteiger partial charge is 0.306 e. The molecule has 4 heteroatoms. The lowest BCUT2D eigenvalue weighted by Gasteiger charge is -2.38. The predicted octanol–water partition coefficient (Wildman–Crippen LogP) is 1.77. The van der Waals surface area contributed by atoms with Crippen LogP contribution in [-0.4, -0.2) is 34.4 Å². The molecule has 1 atom stereocenters. The summed E-state index contributed by atoms with van der Waals surface area (Å²) in [7, 11) is 0. The number of aliphatic hydroxyl groups is 1. The van der Waals surface area contributed by atoms with Crippen LogP contribution >= 0.6 is 0 Å². The maximum Gasteiger partial charge on any atom is 0.306 e. The zero-order chi connectivity index (χ0) is 13.2. The molecule has 0 heterocycles. The van der Waals surface area contributed by atoms with E-state index in [4.69, 9.17) is 5.11 Å². The number of rotatable bonds is 5. The first kappa shape index (κ1) is 13.8. The summed E-state index contributed by atoms with van der Waals surface area (Å²) in [5, 5.41) is 22.8. The fourth-order valence-electron chi connectivity index (χ4n) is 3.04. The van der Waals surface area contributed by atoms with Gasteiger partial charge in [-0.15, -0.1) is 0 Å². The van der Waals surface area contributed by atoms with E-state index in [1.54, 1.807) is 0 Å². The fraction of sp³-hybridized carbons (Fsp3) is 0.929. The lowest BCUT2D eigenvalue weighted by Crippen LogP contribution is -2.49. The lowest BCUT2D eigenvalue weighted by molar-refractivity contribution is -0.144. The summed E-state index contributed by atoms with van der Waals surface area (Å²) >= 11 is 0. The highest BCUT2D eigenvalue weighted by Crippen LogP contribution is 2.33. The van der Waals surface area contributed by atoms with Crippen LogP contribution in [0.5, 0.6) is 0 Å². The average molecular weight is 255 g/mol. The van der Waals surface area contributed by atoms with Crippen LogP contribution in [0.2, 0.25) is 0 Å². The molecule has 2 fully saturated rings. The highest BCUT2D eigenvalue weighted by Gasteiger charge is 2.36. The van der Waals surface area contributed by atoms with Gasteiger partial charge in [-0.1, -0.05) is 6.42 Å². The molecule has 104 valence electrons. The summed E-state index contributed by atoms with van der Waals surface area (Å²) in [5.41, 5.74) is -0.691. The van der Waals surface area contributed by atoms with Crippen molar-refractivity contribution in [2.75, 3.05) is 6.54 Å². The van der Waals surface area contributed by atoms with Crippen LogP contribution < -0.4 is 5.32 Å². The predicted molar refractivity (Wildman–Crippen MR) is 69.3 cm³/mol. The molecular weight excluding hydrogens is 230 g/mol. The van der Waals surface area contributed by atoms with Crippen molar-refractivity contribution in [3.63, 3.8) is 0 Å². The van der Waals surface area contributed by atoms with Crippen LogP contribution in [0, 0.1) is 11.8 Å². The van der Waals surface area contributed by atoms with Gasteiger partial charge in [-0.3, -0.25) is 4.79 Å². The largest absolute Gasteiger partial charge is 0.481 e. The third kappa shape index (κ3) is 3.23. The molecule has 0 aromatic carbocycles. The van der Waals surface area contributed by atoms with Gasteiger partial charge in [0.25, 0.3) is 0 Å². The average Bonchev–Trinajstić information content (AvgIpc) is 2.25. The number of hydrogen-bond acceptors (Lipinski definition) is 3. The summed E-state index contributed by atoms with van der Waals surface area (Å²) in [6, 6.07) is 0.472. The maximum absolute atomic E-state index is 10.9. The van der Waals surface area contributed by atoms with Crippen molar-refractivity contribution in [3.8, 4) is 0 Å². The van der Waals surface area contributed by atoms with E-state index in [0.29, 0.717) is 38.3 Å². The van der Waals surface area contributed by atoms with E-state index in [1.807, 2.05) is 0 Å². The van der Waals surface area contributed by atoms with Crippen molar-refractivity contribution in [2.24, 2.45) is 11.8 Å². The third-order valence-electron chi connectivity index (χ3n) is 4.88. The Morgan fingerprint density at radius 2 is 1.94 bits per heavy atom. The van der Waals surface area contributed by atoms with Gasteiger partial charge in [0.2, 0.25) is 0 Å². The van der Waals surface area contributed by atoms with E-state index >= 15 is 0 Å². The Bertz CT molecular complexity index is 293. The molecule has 2 rings (SSSR count). The van der Waals surface area contributed by atoms with Gasteiger partial charge in [-0.05, 0) is 51.4 Å². The Morgan fingerprint density at radius 3 is 2.39 bits per heavy atom. The van der Waals surface area contributed by atoms with Gasteiger partial charge < -0.3 is 15.5 Å². The SMILES string of the molecule is CC(NCC1(O)CCC(C(=O)O)CC1)C1CCC1. The number of hydrogen-bond donors (Lipinski definition) is 3. The number of carboxylic acid groups (broad SMARTS) is 1. The van der Waals surface area contributed by atoms with Crippen molar-refractivity contribution in [3.05, 3.63) is 0 Å². The molecule has 0 bridgehead atoms. The molecule has 0 aromatic heterocycles. The summed E-state index contributed by atoms with van der Waals surface area (Å²) in [6.45, 7) is 2.80. The summed E-state index contributed by atoms with van der Waals surface area (Å²) in [6.07, 6.45) is 6.35. The van der Waals surface area contributed by atoms with Gasteiger partial charge >= 0.3 is 5.97 Å². The van der Waals surface area contributed by atoms with Crippen LogP contribution in [0.1, 0.15) is 51.9 Å². The van der Waals surface area contributed by atoms with E-state index in [-0.39, 0.29) is 5.92 Å². The van der Waals surface area contributed by atoms with Gasteiger partial charge in [-0.2, -0.15) is 0 Å². The van der Waals surface area contributed by atoms with E-state index in [0.717, 1.165) is 5.92 Å². The number of nitrogens with one attached hydrogen (secondary N) is 1. The first-order valence-electron chi connectivity index (χ1n) is 7.19. The molecule has 18 heavy (non-hydrogen) atoms. The van der Waals surface area contributed by atoms with Crippen LogP contribution in [0.4, 0.5) is 0 Å². The van der Waals surface area contributed by atoms with Gasteiger partial charge in [0.05, 0.1) is 11.5 Å². The summed E-state index contributed by atoms with van der Waals surface area (Å²) in [4.78, 5) is 10.9. The van der Waals surface area contributed by atoms with Crippen LogP contribution in [-0.2, 0) is 4.79 Å². The molecule has 0 saturated heterocycles. The topological polar surface area (TPSA) is 69.6 Å².